The molecule has 0 radical (unpaired) electrons. The molecule has 2 aliphatic rings. The summed E-state index contributed by atoms with van der Waals surface area (Å²) in [6.45, 7) is 14.0. The summed E-state index contributed by atoms with van der Waals surface area (Å²) in [6, 6.07) is 5.02. The van der Waals surface area contributed by atoms with Crippen molar-refractivity contribution in [3.8, 4) is 5.69 Å². The maximum Gasteiger partial charge on any atom is 0.407 e. The van der Waals surface area contributed by atoms with E-state index in [-0.39, 0.29) is 29.8 Å². The molecule has 2 aliphatic heterocycles. The van der Waals surface area contributed by atoms with Gasteiger partial charge in [-0.05, 0) is 36.3 Å². The predicted octanol–water partition coefficient (Wildman–Crippen LogP) is 4.10. The van der Waals surface area contributed by atoms with Crippen molar-refractivity contribution in [2.24, 2.45) is 17.3 Å². The molecule has 0 aliphatic carbocycles. The lowest BCUT2D eigenvalue weighted by Crippen LogP contribution is -2.66. The number of halogens is 1. The summed E-state index contributed by atoms with van der Waals surface area (Å²) >= 11 is 0. The van der Waals surface area contributed by atoms with Crippen LogP contribution in [0.4, 0.5) is 9.18 Å². The van der Waals surface area contributed by atoms with Crippen molar-refractivity contribution in [1.29, 1.82) is 0 Å². The van der Waals surface area contributed by atoms with Crippen molar-refractivity contribution in [3.63, 3.8) is 0 Å². The Labute approximate surface area is 253 Å². The molecule has 2 aromatic rings. The van der Waals surface area contributed by atoms with E-state index in [1.165, 1.54) is 15.6 Å². The van der Waals surface area contributed by atoms with Crippen LogP contribution in [0.1, 0.15) is 70.6 Å². The molecule has 1 aromatic heterocycles. The first-order chi connectivity index (χ1) is 20.3. The SMILES string of the molecule is CCCc1c(C(=O)N(CC(C)C)[C@H]2C[C@@H](C(=O)N3CCOCC3)CN(C(=O)O)C2C(C)(C)C)nnn1-c1ccccc1F. The molecule has 2 saturated heterocycles. The fourth-order valence-electron chi connectivity index (χ4n) is 6.46. The average Bonchev–Trinajstić information content (AvgIpc) is 3.38. The minimum Gasteiger partial charge on any atom is -0.465 e. The molecule has 4 rings (SSSR count). The van der Waals surface area contributed by atoms with Crippen LogP contribution in [0.3, 0.4) is 0 Å². The first-order valence-electron chi connectivity index (χ1n) is 15.2. The highest BCUT2D eigenvalue weighted by atomic mass is 19.1. The molecule has 1 N–H and O–H groups in total. The van der Waals surface area contributed by atoms with Gasteiger partial charge < -0.3 is 24.5 Å². The number of ether oxygens (including phenoxy) is 1. The topological polar surface area (TPSA) is 121 Å². The normalized spacial score (nSPS) is 21.3. The van der Waals surface area contributed by atoms with Gasteiger partial charge in [-0.1, -0.05) is 65.3 Å². The molecule has 3 amide bonds. The van der Waals surface area contributed by atoms with Crippen LogP contribution in [-0.4, -0.2) is 104 Å². The maximum absolute atomic E-state index is 14.8. The molecule has 1 unspecified atom stereocenters. The van der Waals surface area contributed by atoms with Gasteiger partial charge in [0.1, 0.15) is 11.5 Å². The van der Waals surface area contributed by atoms with E-state index in [1.807, 2.05) is 41.5 Å². The van der Waals surface area contributed by atoms with Crippen LogP contribution in [0.2, 0.25) is 0 Å². The number of rotatable bonds is 8. The number of likely N-dealkylation sites (tertiary alicyclic amines) is 1. The summed E-state index contributed by atoms with van der Waals surface area (Å²) in [4.78, 5) is 45.8. The number of aromatic nitrogens is 3. The molecule has 0 saturated carbocycles. The first kappa shape index (κ1) is 32.4. The molecular weight excluding hydrogens is 555 g/mol. The Morgan fingerprint density at radius 3 is 2.42 bits per heavy atom. The Hall–Kier alpha value is -3.54. The Kier molecular flexibility index (Phi) is 10.1. The number of carbonyl (C=O) groups is 3. The van der Waals surface area contributed by atoms with Crippen LogP contribution in [0, 0.1) is 23.1 Å². The molecule has 3 heterocycles. The second-order valence-electron chi connectivity index (χ2n) is 13.0. The largest absolute Gasteiger partial charge is 0.465 e. The molecule has 3 atom stereocenters. The van der Waals surface area contributed by atoms with Crippen molar-refractivity contribution < 1.29 is 28.6 Å². The van der Waals surface area contributed by atoms with Gasteiger partial charge in [0.15, 0.2) is 5.69 Å². The van der Waals surface area contributed by atoms with E-state index in [1.54, 1.807) is 28.0 Å². The standard InChI is InChI=1S/C31H45FN6O5/c1-7-10-24-26(33-34-38(24)23-12-9-8-11-22(23)32)29(40)36(18-20(2)3)25-17-21(28(39)35-13-15-43-16-14-35)19-37(30(41)42)27(25)31(4,5)6/h8-9,11-12,20-21,25,27H,7,10,13-19H2,1-6H3,(H,41,42)/t21-,25+,27?/m1/s1. The van der Waals surface area contributed by atoms with E-state index in [0.717, 1.165) is 0 Å². The summed E-state index contributed by atoms with van der Waals surface area (Å²) in [5, 5.41) is 18.9. The van der Waals surface area contributed by atoms with Crippen molar-refractivity contribution in [2.75, 3.05) is 39.4 Å². The number of piperidine rings is 1. The summed E-state index contributed by atoms with van der Waals surface area (Å²) in [5.74, 6) is -1.59. The third-order valence-electron chi connectivity index (χ3n) is 8.20. The summed E-state index contributed by atoms with van der Waals surface area (Å²) < 4.78 is 21.6. The third kappa shape index (κ3) is 7.00. The van der Waals surface area contributed by atoms with Crippen LogP contribution < -0.4 is 0 Å². The highest BCUT2D eigenvalue weighted by Crippen LogP contribution is 2.38. The van der Waals surface area contributed by atoms with Crippen molar-refractivity contribution >= 4 is 17.9 Å². The number of morpholine rings is 1. The van der Waals surface area contributed by atoms with Crippen molar-refractivity contribution in [1.82, 2.24) is 29.7 Å². The van der Waals surface area contributed by atoms with Crippen LogP contribution in [0.5, 0.6) is 0 Å². The van der Waals surface area contributed by atoms with E-state index in [4.69, 9.17) is 4.74 Å². The monoisotopic (exact) mass is 600 g/mol. The van der Waals surface area contributed by atoms with Crippen LogP contribution in [-0.2, 0) is 16.0 Å². The molecule has 0 bridgehead atoms. The highest BCUT2D eigenvalue weighted by molar-refractivity contribution is 5.94. The number of carbonyl (C=O) groups excluding carboxylic acids is 2. The van der Waals surface area contributed by atoms with Gasteiger partial charge in [-0.25, -0.2) is 13.9 Å². The smallest absolute Gasteiger partial charge is 0.407 e. The van der Waals surface area contributed by atoms with Crippen molar-refractivity contribution in [2.45, 2.75) is 72.9 Å². The number of hydrogen-bond donors (Lipinski definition) is 1. The molecule has 1 aromatic carbocycles. The van der Waals surface area contributed by atoms with Crippen LogP contribution >= 0.6 is 0 Å². The second-order valence-corrected chi connectivity index (χ2v) is 13.0. The molecule has 2 fully saturated rings. The highest BCUT2D eigenvalue weighted by Gasteiger charge is 2.50. The van der Waals surface area contributed by atoms with E-state index in [2.05, 4.69) is 10.3 Å². The predicted molar refractivity (Wildman–Crippen MR) is 158 cm³/mol. The molecule has 11 nitrogen and oxygen atoms in total. The van der Waals surface area contributed by atoms with E-state index < -0.39 is 41.2 Å². The van der Waals surface area contributed by atoms with E-state index in [0.29, 0.717) is 57.8 Å². The van der Waals surface area contributed by atoms with E-state index >= 15 is 0 Å². The van der Waals surface area contributed by atoms with Crippen molar-refractivity contribution in [3.05, 3.63) is 41.5 Å². The average molecular weight is 601 g/mol. The Balaban J connectivity index is 1.80. The summed E-state index contributed by atoms with van der Waals surface area (Å²) in [5.41, 5.74) is 0.251. The number of nitrogens with zero attached hydrogens (tertiary/aromatic N) is 6. The zero-order valence-electron chi connectivity index (χ0n) is 26.1. The molecule has 12 heteroatoms. The molecule has 236 valence electrons. The summed E-state index contributed by atoms with van der Waals surface area (Å²) in [7, 11) is 0. The van der Waals surface area contributed by atoms with E-state index in [9.17, 15) is 23.9 Å². The van der Waals surface area contributed by atoms with Crippen LogP contribution in [0.15, 0.2) is 24.3 Å². The fourth-order valence-corrected chi connectivity index (χ4v) is 6.46. The van der Waals surface area contributed by atoms with Crippen LogP contribution in [0.25, 0.3) is 5.69 Å². The zero-order valence-corrected chi connectivity index (χ0v) is 26.1. The Morgan fingerprint density at radius 2 is 1.84 bits per heavy atom. The van der Waals surface area contributed by atoms with Gasteiger partial charge in [0, 0.05) is 26.2 Å². The zero-order chi connectivity index (χ0) is 31.5. The van der Waals surface area contributed by atoms with Gasteiger partial charge in [0.05, 0.1) is 36.9 Å². The summed E-state index contributed by atoms with van der Waals surface area (Å²) in [6.07, 6.45) is 0.289. The Morgan fingerprint density at radius 1 is 1.16 bits per heavy atom. The molecule has 43 heavy (non-hydrogen) atoms. The Bertz CT molecular complexity index is 1300. The molecular formula is C31H45FN6O5. The lowest BCUT2D eigenvalue weighted by atomic mass is 9.74. The van der Waals surface area contributed by atoms with Gasteiger partial charge in [0.25, 0.3) is 5.91 Å². The third-order valence-corrected chi connectivity index (χ3v) is 8.20. The lowest BCUT2D eigenvalue weighted by Gasteiger charge is -2.52. The first-order valence-corrected chi connectivity index (χ1v) is 15.2. The van der Waals surface area contributed by atoms with Gasteiger partial charge >= 0.3 is 6.09 Å². The lowest BCUT2D eigenvalue weighted by molar-refractivity contribution is -0.144. The number of amides is 3. The second kappa shape index (κ2) is 13.4. The fraction of sp³-hybridized carbons (Fsp3) is 0.645. The minimum absolute atomic E-state index is 0.0365. The van der Waals surface area contributed by atoms with Gasteiger partial charge in [-0.15, -0.1) is 5.10 Å². The quantitative estimate of drug-likeness (QED) is 0.484. The number of hydrogen-bond acceptors (Lipinski definition) is 6. The van der Waals surface area contributed by atoms with Gasteiger partial charge in [-0.3, -0.25) is 9.59 Å². The van der Waals surface area contributed by atoms with Gasteiger partial charge in [-0.2, -0.15) is 0 Å². The number of para-hydroxylation sites is 1. The maximum atomic E-state index is 14.8. The molecule has 0 spiro atoms. The van der Waals surface area contributed by atoms with Gasteiger partial charge in [0.2, 0.25) is 5.91 Å². The number of carboxylic acid groups (broad SMARTS) is 1. The minimum atomic E-state index is -1.13. The number of benzene rings is 1.